The zero-order valence-electron chi connectivity index (χ0n) is 12.3. The van der Waals surface area contributed by atoms with Crippen LogP contribution >= 0.6 is 23.2 Å². The van der Waals surface area contributed by atoms with E-state index in [2.05, 4.69) is 9.80 Å². The third-order valence-electron chi connectivity index (χ3n) is 4.61. The molecule has 116 valence electrons. The molecule has 1 saturated heterocycles. The van der Waals surface area contributed by atoms with Crippen LogP contribution in [0.15, 0.2) is 18.2 Å². The highest BCUT2D eigenvalue weighted by Gasteiger charge is 2.29. The van der Waals surface area contributed by atoms with Gasteiger partial charge >= 0.3 is 0 Å². The average Bonchev–Trinajstić information content (AvgIpc) is 3.27. The maximum absolute atomic E-state index is 6.35. The molecule has 1 aromatic rings. The van der Waals surface area contributed by atoms with Gasteiger partial charge in [-0.3, -0.25) is 4.90 Å². The van der Waals surface area contributed by atoms with Gasteiger partial charge < -0.3 is 10.6 Å². The second-order valence-electron chi connectivity index (χ2n) is 6.20. The lowest BCUT2D eigenvalue weighted by Crippen LogP contribution is -2.49. The molecule has 1 atom stereocenters. The van der Waals surface area contributed by atoms with Crippen LogP contribution in [-0.4, -0.2) is 49.1 Å². The Kier molecular flexibility index (Phi) is 5.07. The minimum atomic E-state index is 0.192. The summed E-state index contributed by atoms with van der Waals surface area (Å²) in [5.74, 6) is 0.965. The Labute approximate surface area is 137 Å². The number of nitrogens with zero attached hydrogens (tertiary/aromatic N) is 2. The van der Waals surface area contributed by atoms with Crippen LogP contribution in [0.5, 0.6) is 0 Å². The predicted octanol–water partition coefficient (Wildman–Crippen LogP) is 3.02. The molecule has 5 heteroatoms. The molecule has 1 aliphatic carbocycles. The number of nitrogens with two attached hydrogens (primary N) is 1. The Morgan fingerprint density at radius 2 is 1.86 bits per heavy atom. The number of halogens is 2. The lowest BCUT2D eigenvalue weighted by molar-refractivity contribution is 0.0956. The Morgan fingerprint density at radius 1 is 1.14 bits per heavy atom. The Bertz CT molecular complexity index is 482. The van der Waals surface area contributed by atoms with Gasteiger partial charge in [0, 0.05) is 55.4 Å². The summed E-state index contributed by atoms with van der Waals surface area (Å²) in [4.78, 5) is 5.05. The van der Waals surface area contributed by atoms with Crippen molar-refractivity contribution in [3.05, 3.63) is 33.8 Å². The van der Waals surface area contributed by atoms with Gasteiger partial charge in [0.25, 0.3) is 0 Å². The fourth-order valence-corrected chi connectivity index (χ4v) is 3.70. The first-order valence-corrected chi connectivity index (χ1v) is 8.54. The quantitative estimate of drug-likeness (QED) is 0.902. The Hall–Kier alpha value is -0.320. The smallest absolute Gasteiger partial charge is 0.0486 e. The molecule has 3 nitrogen and oxygen atoms in total. The molecule has 2 aliphatic rings. The Balaban J connectivity index is 1.63. The first kappa shape index (κ1) is 15.6. The number of rotatable bonds is 5. The van der Waals surface area contributed by atoms with Gasteiger partial charge in [-0.05, 0) is 36.5 Å². The van der Waals surface area contributed by atoms with Crippen molar-refractivity contribution in [2.45, 2.75) is 18.9 Å². The summed E-state index contributed by atoms with van der Waals surface area (Å²) in [7, 11) is 0. The maximum Gasteiger partial charge on any atom is 0.0486 e. The molecule has 3 rings (SSSR count). The van der Waals surface area contributed by atoms with E-state index in [1.165, 1.54) is 19.4 Å². The molecule has 0 aromatic heterocycles. The van der Waals surface area contributed by atoms with Gasteiger partial charge in [0.15, 0.2) is 0 Å². The molecule has 0 amide bonds. The first-order chi connectivity index (χ1) is 10.2. The van der Waals surface area contributed by atoms with Crippen LogP contribution in [0, 0.1) is 5.92 Å². The monoisotopic (exact) mass is 327 g/mol. The zero-order chi connectivity index (χ0) is 14.8. The highest BCUT2D eigenvalue weighted by atomic mass is 35.5. The van der Waals surface area contributed by atoms with E-state index < -0.39 is 0 Å². The molecule has 0 bridgehead atoms. The highest BCUT2D eigenvalue weighted by molar-refractivity contribution is 6.35. The van der Waals surface area contributed by atoms with Crippen molar-refractivity contribution in [1.29, 1.82) is 0 Å². The van der Waals surface area contributed by atoms with Gasteiger partial charge in [-0.1, -0.05) is 29.3 Å². The molecule has 1 unspecified atom stereocenters. The SMILES string of the molecule is NCC(c1ccc(Cl)cc1Cl)N1CCN(CC2CC2)CC1. The van der Waals surface area contributed by atoms with Crippen LogP contribution in [0.25, 0.3) is 0 Å². The van der Waals surface area contributed by atoms with Gasteiger partial charge in [0.05, 0.1) is 0 Å². The molecule has 0 radical (unpaired) electrons. The van der Waals surface area contributed by atoms with Crippen LogP contribution in [0.3, 0.4) is 0 Å². The predicted molar refractivity (Wildman–Crippen MR) is 89.0 cm³/mol. The van der Waals surface area contributed by atoms with E-state index in [0.29, 0.717) is 11.6 Å². The fraction of sp³-hybridized carbons (Fsp3) is 0.625. The van der Waals surface area contributed by atoms with Crippen LogP contribution < -0.4 is 5.73 Å². The zero-order valence-corrected chi connectivity index (χ0v) is 13.8. The first-order valence-electron chi connectivity index (χ1n) is 7.79. The minimum absolute atomic E-state index is 0.192. The molecular formula is C16H23Cl2N3. The summed E-state index contributed by atoms with van der Waals surface area (Å²) in [5, 5.41) is 1.40. The topological polar surface area (TPSA) is 32.5 Å². The van der Waals surface area contributed by atoms with Crippen molar-refractivity contribution in [3.8, 4) is 0 Å². The summed E-state index contributed by atoms with van der Waals surface area (Å²) >= 11 is 12.3. The molecule has 1 saturated carbocycles. The normalized spacial score (nSPS) is 22.4. The van der Waals surface area contributed by atoms with Gasteiger partial charge in [0.1, 0.15) is 0 Å². The minimum Gasteiger partial charge on any atom is -0.329 e. The molecule has 1 aliphatic heterocycles. The third kappa shape index (κ3) is 3.91. The summed E-state index contributed by atoms with van der Waals surface area (Å²) in [6.07, 6.45) is 2.85. The molecule has 0 spiro atoms. The maximum atomic E-state index is 6.35. The summed E-state index contributed by atoms with van der Waals surface area (Å²) in [6, 6.07) is 5.91. The van der Waals surface area contributed by atoms with Gasteiger partial charge in [-0.25, -0.2) is 0 Å². The standard InChI is InChI=1S/C16H23Cl2N3/c17-13-3-4-14(15(18)9-13)16(10-19)21-7-5-20(6-8-21)11-12-1-2-12/h3-4,9,12,16H,1-2,5-8,10-11,19H2. The molecule has 1 aromatic carbocycles. The van der Waals surface area contributed by atoms with E-state index in [0.717, 1.165) is 42.7 Å². The molecule has 1 heterocycles. The lowest BCUT2D eigenvalue weighted by Gasteiger charge is -2.39. The third-order valence-corrected chi connectivity index (χ3v) is 5.17. The fourth-order valence-electron chi connectivity index (χ4n) is 3.17. The van der Waals surface area contributed by atoms with E-state index in [1.807, 2.05) is 18.2 Å². The number of piperazine rings is 1. The molecule has 21 heavy (non-hydrogen) atoms. The van der Waals surface area contributed by atoms with E-state index in [9.17, 15) is 0 Å². The summed E-state index contributed by atoms with van der Waals surface area (Å²) in [5.41, 5.74) is 7.12. The van der Waals surface area contributed by atoms with Crippen molar-refractivity contribution < 1.29 is 0 Å². The highest BCUT2D eigenvalue weighted by Crippen LogP contribution is 2.32. The second kappa shape index (κ2) is 6.84. The van der Waals surface area contributed by atoms with Crippen LogP contribution in [0.2, 0.25) is 10.0 Å². The van der Waals surface area contributed by atoms with Crippen LogP contribution in [-0.2, 0) is 0 Å². The van der Waals surface area contributed by atoms with Crippen molar-refractivity contribution in [3.63, 3.8) is 0 Å². The van der Waals surface area contributed by atoms with Gasteiger partial charge in [0.2, 0.25) is 0 Å². The van der Waals surface area contributed by atoms with E-state index in [1.54, 1.807) is 0 Å². The van der Waals surface area contributed by atoms with Crippen LogP contribution in [0.1, 0.15) is 24.4 Å². The lowest BCUT2D eigenvalue weighted by atomic mass is 10.0. The summed E-state index contributed by atoms with van der Waals surface area (Å²) < 4.78 is 0. The van der Waals surface area contributed by atoms with E-state index >= 15 is 0 Å². The number of hydrogen-bond donors (Lipinski definition) is 1. The largest absolute Gasteiger partial charge is 0.329 e. The van der Waals surface area contributed by atoms with Crippen molar-refractivity contribution >= 4 is 23.2 Å². The van der Waals surface area contributed by atoms with Gasteiger partial charge in [-0.15, -0.1) is 0 Å². The molecule has 2 N–H and O–H groups in total. The number of hydrogen-bond acceptors (Lipinski definition) is 3. The van der Waals surface area contributed by atoms with E-state index in [-0.39, 0.29) is 6.04 Å². The molecule has 2 fully saturated rings. The Morgan fingerprint density at radius 3 is 2.43 bits per heavy atom. The van der Waals surface area contributed by atoms with Crippen molar-refractivity contribution in [2.24, 2.45) is 11.7 Å². The van der Waals surface area contributed by atoms with Crippen molar-refractivity contribution in [1.82, 2.24) is 9.80 Å². The second-order valence-corrected chi connectivity index (χ2v) is 7.04. The molecular weight excluding hydrogens is 305 g/mol. The van der Waals surface area contributed by atoms with Crippen LogP contribution in [0.4, 0.5) is 0 Å². The van der Waals surface area contributed by atoms with Crippen molar-refractivity contribution in [2.75, 3.05) is 39.3 Å². The summed E-state index contributed by atoms with van der Waals surface area (Å²) in [6.45, 7) is 6.27. The number of benzene rings is 1. The van der Waals surface area contributed by atoms with Gasteiger partial charge in [-0.2, -0.15) is 0 Å². The van der Waals surface area contributed by atoms with E-state index in [4.69, 9.17) is 28.9 Å². The average molecular weight is 328 g/mol.